The Bertz CT molecular complexity index is 267. The molecule has 1 amide bonds. The van der Waals surface area contributed by atoms with Crippen LogP contribution in [0.15, 0.2) is 0 Å². The van der Waals surface area contributed by atoms with Crippen molar-refractivity contribution in [2.24, 2.45) is 0 Å². The number of carbonyl (C=O) groups excluding carboxylic acids is 1. The number of carboxylic acid groups (broad SMARTS) is 1. The zero-order chi connectivity index (χ0) is 11.6. The average molecular weight is 214 g/mol. The van der Waals surface area contributed by atoms with Gasteiger partial charge in [-0.25, -0.2) is 4.79 Å². The molecule has 0 aromatic heterocycles. The molecule has 86 valence electrons. The summed E-state index contributed by atoms with van der Waals surface area (Å²) in [5, 5.41) is 8.98. The quantitative estimate of drug-likeness (QED) is 0.719. The number of carbonyl (C=O) groups is 2. The minimum Gasteiger partial charge on any atom is -0.480 e. The van der Waals surface area contributed by atoms with E-state index in [0.29, 0.717) is 13.1 Å². The van der Waals surface area contributed by atoms with Gasteiger partial charge in [-0.2, -0.15) is 0 Å². The highest BCUT2D eigenvalue weighted by Gasteiger charge is 2.35. The Morgan fingerprint density at radius 2 is 2.27 bits per heavy atom. The van der Waals surface area contributed by atoms with Gasteiger partial charge in [-0.05, 0) is 13.3 Å². The molecule has 2 unspecified atom stereocenters. The summed E-state index contributed by atoms with van der Waals surface area (Å²) in [7, 11) is 1.55. The molecule has 1 fully saturated rings. The van der Waals surface area contributed by atoms with E-state index in [1.165, 1.54) is 4.90 Å². The lowest BCUT2D eigenvalue weighted by Gasteiger charge is -2.39. The zero-order valence-corrected chi connectivity index (χ0v) is 9.43. The number of likely N-dealkylation sites (N-methyl/N-ethyl adjacent to an activating group) is 1. The van der Waals surface area contributed by atoms with Gasteiger partial charge in [0.15, 0.2) is 0 Å². The third kappa shape index (κ3) is 2.47. The molecular formula is C10H18N2O3. The maximum atomic E-state index is 11.6. The van der Waals surface area contributed by atoms with Gasteiger partial charge in [-0.15, -0.1) is 0 Å². The standard InChI is InChI=1S/C10H18N2O3/c1-4-7(2)12-5-8(10(14)15)11(3)9(13)6-12/h7-8H,4-6H2,1-3H3,(H,14,15). The highest BCUT2D eigenvalue weighted by molar-refractivity contribution is 5.86. The van der Waals surface area contributed by atoms with E-state index in [9.17, 15) is 9.59 Å². The Kier molecular flexibility index (Phi) is 3.68. The van der Waals surface area contributed by atoms with Crippen LogP contribution in [0.3, 0.4) is 0 Å². The molecule has 2 atom stereocenters. The largest absolute Gasteiger partial charge is 0.480 e. The molecule has 1 saturated heterocycles. The Balaban J connectivity index is 2.75. The van der Waals surface area contributed by atoms with E-state index in [1.807, 2.05) is 18.7 Å². The summed E-state index contributed by atoms with van der Waals surface area (Å²) >= 11 is 0. The van der Waals surface area contributed by atoms with Crippen LogP contribution in [0.4, 0.5) is 0 Å². The predicted octanol–water partition coefficient (Wildman–Crippen LogP) is 0.0121. The number of hydrogen-bond donors (Lipinski definition) is 1. The van der Waals surface area contributed by atoms with E-state index >= 15 is 0 Å². The highest BCUT2D eigenvalue weighted by Crippen LogP contribution is 2.13. The summed E-state index contributed by atoms with van der Waals surface area (Å²) in [6, 6.07) is -0.454. The molecule has 0 saturated carbocycles. The fourth-order valence-electron chi connectivity index (χ4n) is 1.71. The Morgan fingerprint density at radius 1 is 1.67 bits per heavy atom. The van der Waals surface area contributed by atoms with Gasteiger partial charge < -0.3 is 10.0 Å². The maximum absolute atomic E-state index is 11.6. The summed E-state index contributed by atoms with van der Waals surface area (Å²) in [6.45, 7) is 4.79. The number of hydrogen-bond acceptors (Lipinski definition) is 3. The van der Waals surface area contributed by atoms with E-state index in [-0.39, 0.29) is 11.9 Å². The fraction of sp³-hybridized carbons (Fsp3) is 0.800. The van der Waals surface area contributed by atoms with Crippen LogP contribution in [0.25, 0.3) is 0 Å². The van der Waals surface area contributed by atoms with E-state index in [2.05, 4.69) is 0 Å². The summed E-state index contributed by atoms with van der Waals surface area (Å²) in [6.07, 6.45) is 0.920. The van der Waals surface area contributed by atoms with Crippen molar-refractivity contribution in [3.63, 3.8) is 0 Å². The van der Waals surface area contributed by atoms with Gasteiger partial charge in [0.1, 0.15) is 6.04 Å². The van der Waals surface area contributed by atoms with Crippen molar-refractivity contribution in [1.29, 1.82) is 0 Å². The van der Waals surface area contributed by atoms with Crippen molar-refractivity contribution in [2.75, 3.05) is 20.1 Å². The van der Waals surface area contributed by atoms with E-state index in [1.54, 1.807) is 7.05 Å². The maximum Gasteiger partial charge on any atom is 0.327 e. The molecule has 0 aromatic rings. The first kappa shape index (κ1) is 12.0. The van der Waals surface area contributed by atoms with E-state index in [0.717, 1.165) is 6.42 Å². The zero-order valence-electron chi connectivity index (χ0n) is 9.43. The number of aliphatic carboxylic acids is 1. The third-order valence-electron chi connectivity index (χ3n) is 3.11. The lowest BCUT2D eigenvalue weighted by Crippen LogP contribution is -2.59. The number of carboxylic acids is 1. The molecule has 1 aliphatic heterocycles. The molecule has 1 heterocycles. The predicted molar refractivity (Wildman–Crippen MR) is 55.5 cm³/mol. The van der Waals surface area contributed by atoms with Crippen LogP contribution in [0.2, 0.25) is 0 Å². The molecule has 0 aliphatic carbocycles. The number of piperazine rings is 1. The first-order valence-electron chi connectivity index (χ1n) is 5.19. The molecule has 0 aromatic carbocycles. The van der Waals surface area contributed by atoms with Gasteiger partial charge >= 0.3 is 5.97 Å². The summed E-state index contributed by atoms with van der Waals surface area (Å²) in [5.74, 6) is -1.05. The molecule has 1 N–H and O–H groups in total. The average Bonchev–Trinajstić information content (AvgIpc) is 2.20. The van der Waals surface area contributed by atoms with Gasteiger partial charge in [0.2, 0.25) is 5.91 Å². The number of rotatable bonds is 3. The van der Waals surface area contributed by atoms with Crippen LogP contribution in [-0.2, 0) is 9.59 Å². The van der Waals surface area contributed by atoms with Crippen LogP contribution >= 0.6 is 0 Å². The fourth-order valence-corrected chi connectivity index (χ4v) is 1.71. The molecule has 1 aliphatic rings. The summed E-state index contributed by atoms with van der Waals surface area (Å²) < 4.78 is 0. The number of nitrogens with zero attached hydrogens (tertiary/aromatic N) is 2. The smallest absolute Gasteiger partial charge is 0.327 e. The second kappa shape index (κ2) is 4.61. The van der Waals surface area contributed by atoms with Gasteiger partial charge in [0.05, 0.1) is 6.54 Å². The monoisotopic (exact) mass is 214 g/mol. The Labute approximate surface area is 89.7 Å². The molecular weight excluding hydrogens is 196 g/mol. The molecule has 5 heteroatoms. The minimum absolute atomic E-state index is 0.117. The second-order valence-electron chi connectivity index (χ2n) is 4.05. The van der Waals surface area contributed by atoms with Crippen molar-refractivity contribution in [2.45, 2.75) is 32.4 Å². The molecule has 1 rings (SSSR count). The van der Waals surface area contributed by atoms with Crippen molar-refractivity contribution in [1.82, 2.24) is 9.80 Å². The minimum atomic E-state index is -0.932. The molecule has 0 bridgehead atoms. The summed E-state index contributed by atoms with van der Waals surface area (Å²) in [5.41, 5.74) is 0. The topological polar surface area (TPSA) is 60.9 Å². The van der Waals surface area contributed by atoms with Gasteiger partial charge in [-0.1, -0.05) is 6.92 Å². The van der Waals surface area contributed by atoms with Crippen LogP contribution < -0.4 is 0 Å². The van der Waals surface area contributed by atoms with Crippen LogP contribution in [-0.4, -0.2) is 59.0 Å². The highest BCUT2D eigenvalue weighted by atomic mass is 16.4. The Morgan fingerprint density at radius 3 is 2.73 bits per heavy atom. The van der Waals surface area contributed by atoms with Gasteiger partial charge in [0.25, 0.3) is 0 Å². The normalized spacial score (nSPS) is 25.4. The lowest BCUT2D eigenvalue weighted by atomic mass is 10.1. The number of amides is 1. The first-order chi connectivity index (χ1) is 6.97. The Hall–Kier alpha value is -1.10. The lowest BCUT2D eigenvalue weighted by molar-refractivity contribution is -0.155. The van der Waals surface area contributed by atoms with Crippen molar-refractivity contribution < 1.29 is 14.7 Å². The third-order valence-corrected chi connectivity index (χ3v) is 3.11. The molecule has 15 heavy (non-hydrogen) atoms. The van der Waals surface area contributed by atoms with E-state index in [4.69, 9.17) is 5.11 Å². The van der Waals surface area contributed by atoms with Crippen molar-refractivity contribution in [3.05, 3.63) is 0 Å². The molecule has 0 spiro atoms. The van der Waals surface area contributed by atoms with Crippen LogP contribution in [0.5, 0.6) is 0 Å². The van der Waals surface area contributed by atoms with Crippen LogP contribution in [0.1, 0.15) is 20.3 Å². The second-order valence-corrected chi connectivity index (χ2v) is 4.05. The van der Waals surface area contributed by atoms with Crippen molar-refractivity contribution in [3.8, 4) is 0 Å². The molecule has 0 radical (unpaired) electrons. The van der Waals surface area contributed by atoms with Crippen LogP contribution in [0, 0.1) is 0 Å². The first-order valence-corrected chi connectivity index (χ1v) is 5.19. The van der Waals surface area contributed by atoms with Gasteiger partial charge in [0, 0.05) is 19.6 Å². The van der Waals surface area contributed by atoms with Gasteiger partial charge in [-0.3, -0.25) is 9.69 Å². The van der Waals surface area contributed by atoms with Crippen molar-refractivity contribution >= 4 is 11.9 Å². The van der Waals surface area contributed by atoms with E-state index < -0.39 is 12.0 Å². The summed E-state index contributed by atoms with van der Waals surface area (Å²) in [4.78, 5) is 25.8. The SMILES string of the molecule is CCC(C)N1CC(=O)N(C)C(C(=O)O)C1. The molecule has 5 nitrogen and oxygen atoms in total.